The number of nitrogens with zero attached hydrogens (tertiary/aromatic N) is 2. The largest absolute Gasteiger partial charge is 0.389 e. The van der Waals surface area contributed by atoms with Crippen LogP contribution in [0.2, 0.25) is 0 Å². The molecule has 5 heteroatoms. The Morgan fingerprint density at radius 2 is 2.14 bits per heavy atom. The van der Waals surface area contributed by atoms with Gasteiger partial charge in [0.1, 0.15) is 0 Å². The SMILES string of the molecule is CC(C)OCC(O)CN1CC2C[C@@H](C1)Cn1c2cccc1=O. The van der Waals surface area contributed by atoms with Crippen molar-refractivity contribution in [1.29, 1.82) is 0 Å². The van der Waals surface area contributed by atoms with Crippen molar-refractivity contribution in [3.05, 3.63) is 34.2 Å². The average molecular weight is 306 g/mol. The molecule has 1 fully saturated rings. The van der Waals surface area contributed by atoms with Gasteiger partial charge in [-0.25, -0.2) is 0 Å². The van der Waals surface area contributed by atoms with E-state index in [1.165, 1.54) is 0 Å². The minimum atomic E-state index is -0.445. The minimum absolute atomic E-state index is 0.117. The fourth-order valence-corrected chi connectivity index (χ4v) is 3.80. The normalized spacial score (nSPS) is 26.0. The average Bonchev–Trinajstić information content (AvgIpc) is 2.46. The third-order valence-electron chi connectivity index (χ3n) is 4.65. The van der Waals surface area contributed by atoms with Crippen LogP contribution < -0.4 is 5.56 Å². The lowest BCUT2D eigenvalue weighted by Crippen LogP contribution is -2.49. The molecule has 3 atom stereocenters. The first-order chi connectivity index (χ1) is 10.5. The summed E-state index contributed by atoms with van der Waals surface area (Å²) >= 11 is 0. The van der Waals surface area contributed by atoms with Crippen molar-refractivity contribution in [2.45, 2.75) is 44.9 Å². The molecule has 2 aliphatic rings. The second-order valence-electron chi connectivity index (χ2n) is 6.95. The number of ether oxygens (including phenoxy) is 1. The maximum Gasteiger partial charge on any atom is 0.250 e. The zero-order chi connectivity index (χ0) is 15.7. The van der Waals surface area contributed by atoms with E-state index >= 15 is 0 Å². The standard InChI is InChI=1S/C17H26N2O3/c1-12(2)22-11-15(20)10-18-7-13-6-14(9-18)16-4-3-5-17(21)19(16)8-13/h3-5,12-15,20H,6-11H2,1-2H3/t13-,14?,15?/m0/s1. The van der Waals surface area contributed by atoms with Gasteiger partial charge in [-0.1, -0.05) is 6.07 Å². The molecule has 0 radical (unpaired) electrons. The predicted octanol–water partition coefficient (Wildman–Crippen LogP) is 1.05. The molecular weight excluding hydrogens is 280 g/mol. The fraction of sp³-hybridized carbons (Fsp3) is 0.706. The van der Waals surface area contributed by atoms with Crippen LogP contribution in [-0.4, -0.2) is 53.0 Å². The van der Waals surface area contributed by atoms with Gasteiger partial charge in [0.05, 0.1) is 18.8 Å². The summed E-state index contributed by atoms with van der Waals surface area (Å²) in [6, 6.07) is 5.58. The number of likely N-dealkylation sites (tertiary alicyclic amines) is 1. The Bertz CT molecular complexity index is 569. The summed E-state index contributed by atoms with van der Waals surface area (Å²) in [5.41, 5.74) is 1.27. The van der Waals surface area contributed by atoms with Crippen LogP contribution in [0, 0.1) is 5.92 Å². The van der Waals surface area contributed by atoms with Crippen molar-refractivity contribution in [2.75, 3.05) is 26.2 Å². The van der Waals surface area contributed by atoms with Crippen molar-refractivity contribution in [3.8, 4) is 0 Å². The molecule has 122 valence electrons. The summed E-state index contributed by atoms with van der Waals surface area (Å²) in [6.45, 7) is 7.67. The number of fused-ring (bicyclic) bond motifs is 4. The molecule has 0 aromatic carbocycles. The van der Waals surface area contributed by atoms with Gasteiger partial charge < -0.3 is 14.4 Å². The van der Waals surface area contributed by atoms with E-state index in [1.54, 1.807) is 6.07 Å². The molecule has 0 aliphatic carbocycles. The third-order valence-corrected chi connectivity index (χ3v) is 4.65. The summed E-state index contributed by atoms with van der Waals surface area (Å²) in [7, 11) is 0. The van der Waals surface area contributed by atoms with Crippen LogP contribution in [0.1, 0.15) is 31.9 Å². The van der Waals surface area contributed by atoms with Gasteiger partial charge >= 0.3 is 0 Å². The lowest BCUT2D eigenvalue weighted by atomic mass is 9.83. The van der Waals surface area contributed by atoms with E-state index in [4.69, 9.17) is 4.74 Å². The van der Waals surface area contributed by atoms with Crippen LogP contribution in [-0.2, 0) is 11.3 Å². The van der Waals surface area contributed by atoms with Crippen molar-refractivity contribution < 1.29 is 9.84 Å². The first-order valence-electron chi connectivity index (χ1n) is 8.24. The van der Waals surface area contributed by atoms with Crippen LogP contribution in [0.15, 0.2) is 23.0 Å². The molecule has 2 unspecified atom stereocenters. The van der Waals surface area contributed by atoms with E-state index in [9.17, 15) is 9.90 Å². The number of β-amino-alcohol motifs (C(OH)–C–C–N with tert-alkyl or cyclic N) is 1. The number of aliphatic hydroxyl groups is 1. The highest BCUT2D eigenvalue weighted by Gasteiger charge is 2.34. The van der Waals surface area contributed by atoms with Crippen molar-refractivity contribution >= 4 is 0 Å². The monoisotopic (exact) mass is 306 g/mol. The Hall–Kier alpha value is -1.17. The van der Waals surface area contributed by atoms with E-state index < -0.39 is 6.10 Å². The van der Waals surface area contributed by atoms with Crippen molar-refractivity contribution in [2.24, 2.45) is 5.92 Å². The molecule has 1 aromatic rings. The van der Waals surface area contributed by atoms with Crippen LogP contribution in [0.4, 0.5) is 0 Å². The summed E-state index contributed by atoms with van der Waals surface area (Å²) in [6.07, 6.45) is 0.853. The number of piperidine rings is 1. The molecule has 5 nitrogen and oxygen atoms in total. The molecule has 1 aromatic heterocycles. The molecule has 1 saturated heterocycles. The number of hydrogen-bond acceptors (Lipinski definition) is 4. The Balaban J connectivity index is 1.65. The molecular formula is C17H26N2O3. The number of pyridine rings is 1. The lowest BCUT2D eigenvalue weighted by molar-refractivity contribution is -0.0174. The van der Waals surface area contributed by atoms with Gasteiger partial charge in [0.2, 0.25) is 0 Å². The van der Waals surface area contributed by atoms with Gasteiger partial charge in [-0.05, 0) is 32.3 Å². The summed E-state index contributed by atoms with van der Waals surface area (Å²) in [5, 5.41) is 10.1. The fourth-order valence-electron chi connectivity index (χ4n) is 3.80. The van der Waals surface area contributed by atoms with Gasteiger partial charge in [-0.3, -0.25) is 9.69 Å². The molecule has 2 bridgehead atoms. The maximum absolute atomic E-state index is 12.0. The van der Waals surface area contributed by atoms with Crippen LogP contribution in [0.3, 0.4) is 0 Å². The van der Waals surface area contributed by atoms with Crippen LogP contribution in [0.5, 0.6) is 0 Å². The smallest absolute Gasteiger partial charge is 0.250 e. The first kappa shape index (κ1) is 15.7. The Morgan fingerprint density at radius 1 is 1.32 bits per heavy atom. The zero-order valence-corrected chi connectivity index (χ0v) is 13.4. The van der Waals surface area contributed by atoms with E-state index in [1.807, 2.05) is 24.5 Å². The van der Waals surface area contributed by atoms with Gasteiger partial charge in [0, 0.05) is 43.9 Å². The number of aliphatic hydroxyl groups excluding tert-OH is 1. The molecule has 22 heavy (non-hydrogen) atoms. The number of hydrogen-bond donors (Lipinski definition) is 1. The van der Waals surface area contributed by atoms with E-state index in [2.05, 4.69) is 11.0 Å². The first-order valence-corrected chi connectivity index (χ1v) is 8.24. The Labute approximate surface area is 131 Å². The maximum atomic E-state index is 12.0. The second kappa shape index (κ2) is 6.52. The van der Waals surface area contributed by atoms with Crippen molar-refractivity contribution in [3.63, 3.8) is 0 Å². The minimum Gasteiger partial charge on any atom is -0.389 e. The van der Waals surface area contributed by atoms with Crippen LogP contribution in [0.25, 0.3) is 0 Å². The second-order valence-corrected chi connectivity index (χ2v) is 6.95. The molecule has 3 heterocycles. The Kier molecular flexibility index (Phi) is 4.66. The highest BCUT2D eigenvalue weighted by atomic mass is 16.5. The summed E-state index contributed by atoms with van der Waals surface area (Å²) < 4.78 is 7.43. The van der Waals surface area contributed by atoms with Gasteiger partial charge in [0.15, 0.2) is 0 Å². The molecule has 0 spiro atoms. The molecule has 0 amide bonds. The van der Waals surface area contributed by atoms with E-state index in [-0.39, 0.29) is 11.7 Å². The number of rotatable bonds is 5. The molecule has 0 saturated carbocycles. The van der Waals surface area contributed by atoms with E-state index in [0.717, 1.165) is 31.7 Å². The number of aromatic nitrogens is 1. The van der Waals surface area contributed by atoms with Gasteiger partial charge in [-0.15, -0.1) is 0 Å². The van der Waals surface area contributed by atoms with E-state index in [0.29, 0.717) is 25.0 Å². The summed E-state index contributed by atoms with van der Waals surface area (Å²) in [4.78, 5) is 14.3. The van der Waals surface area contributed by atoms with Gasteiger partial charge in [-0.2, -0.15) is 0 Å². The highest BCUT2D eigenvalue weighted by Crippen LogP contribution is 2.34. The highest BCUT2D eigenvalue weighted by molar-refractivity contribution is 5.16. The molecule has 2 aliphatic heterocycles. The molecule has 1 N–H and O–H groups in total. The summed E-state index contributed by atoms with van der Waals surface area (Å²) in [5.74, 6) is 0.907. The third kappa shape index (κ3) is 3.42. The Morgan fingerprint density at radius 3 is 2.91 bits per heavy atom. The predicted molar refractivity (Wildman–Crippen MR) is 85.1 cm³/mol. The molecule has 3 rings (SSSR count). The zero-order valence-electron chi connectivity index (χ0n) is 13.4. The topological polar surface area (TPSA) is 54.7 Å². The quantitative estimate of drug-likeness (QED) is 0.883. The lowest BCUT2D eigenvalue weighted by Gasteiger charge is -2.43. The van der Waals surface area contributed by atoms with Crippen molar-refractivity contribution in [1.82, 2.24) is 9.47 Å². The van der Waals surface area contributed by atoms with Gasteiger partial charge in [0.25, 0.3) is 5.56 Å². The van der Waals surface area contributed by atoms with Crippen LogP contribution >= 0.6 is 0 Å².